The van der Waals surface area contributed by atoms with Crippen LogP contribution in [-0.4, -0.2) is 36.0 Å². The molecule has 0 aliphatic carbocycles. The first-order valence-electron chi connectivity index (χ1n) is 6.15. The van der Waals surface area contributed by atoms with Crippen molar-refractivity contribution in [3.8, 4) is 5.75 Å². The third-order valence-electron chi connectivity index (χ3n) is 2.73. The van der Waals surface area contributed by atoms with Crippen molar-refractivity contribution < 1.29 is 4.74 Å². The maximum atomic E-state index is 5.65. The lowest BCUT2D eigenvalue weighted by atomic mass is 10.2. The first-order valence-corrected chi connectivity index (χ1v) is 7.84. The molecule has 19 heavy (non-hydrogen) atoms. The SMILES string of the molecule is COc1ccc2nccc(NCCSCCCl)c2c1. The highest BCUT2D eigenvalue weighted by Crippen LogP contribution is 2.25. The number of fused-ring (bicyclic) bond motifs is 1. The van der Waals surface area contributed by atoms with E-state index >= 15 is 0 Å². The molecule has 1 N–H and O–H groups in total. The van der Waals surface area contributed by atoms with Gasteiger partial charge < -0.3 is 10.1 Å². The molecule has 1 aromatic heterocycles. The lowest BCUT2D eigenvalue weighted by molar-refractivity contribution is 0.415. The van der Waals surface area contributed by atoms with Crippen LogP contribution in [0.5, 0.6) is 5.75 Å². The van der Waals surface area contributed by atoms with Crippen LogP contribution in [0.3, 0.4) is 0 Å². The van der Waals surface area contributed by atoms with Gasteiger partial charge in [-0.15, -0.1) is 11.6 Å². The Bertz CT molecular complexity index is 536. The van der Waals surface area contributed by atoms with Gasteiger partial charge in [0.05, 0.1) is 12.6 Å². The van der Waals surface area contributed by atoms with E-state index in [1.54, 1.807) is 7.11 Å². The Hall–Kier alpha value is -1.13. The monoisotopic (exact) mass is 296 g/mol. The number of nitrogens with zero attached hydrogens (tertiary/aromatic N) is 1. The second-order valence-electron chi connectivity index (χ2n) is 3.97. The van der Waals surface area contributed by atoms with Crippen LogP contribution in [0.25, 0.3) is 10.9 Å². The number of hydrogen-bond acceptors (Lipinski definition) is 4. The molecule has 0 amide bonds. The van der Waals surface area contributed by atoms with Gasteiger partial charge in [0.15, 0.2) is 0 Å². The summed E-state index contributed by atoms with van der Waals surface area (Å²) in [6.07, 6.45) is 1.82. The van der Waals surface area contributed by atoms with E-state index in [1.165, 1.54) is 0 Å². The average molecular weight is 297 g/mol. The van der Waals surface area contributed by atoms with Crippen LogP contribution in [0.1, 0.15) is 0 Å². The van der Waals surface area contributed by atoms with Gasteiger partial charge in [0, 0.05) is 41.2 Å². The predicted molar refractivity (Wildman–Crippen MR) is 84.8 cm³/mol. The summed E-state index contributed by atoms with van der Waals surface area (Å²) in [5.74, 6) is 3.59. The van der Waals surface area contributed by atoms with Gasteiger partial charge in [-0.1, -0.05) is 0 Å². The van der Waals surface area contributed by atoms with Crippen LogP contribution < -0.4 is 10.1 Å². The fourth-order valence-electron chi connectivity index (χ4n) is 1.82. The topological polar surface area (TPSA) is 34.1 Å². The molecule has 1 aromatic carbocycles. The van der Waals surface area contributed by atoms with E-state index in [4.69, 9.17) is 16.3 Å². The Kier molecular flexibility index (Phi) is 5.61. The third kappa shape index (κ3) is 3.91. The minimum absolute atomic E-state index is 0.708. The normalized spacial score (nSPS) is 10.6. The van der Waals surface area contributed by atoms with E-state index in [9.17, 15) is 0 Å². The van der Waals surface area contributed by atoms with E-state index in [0.29, 0.717) is 5.88 Å². The number of methoxy groups -OCH3 is 1. The molecule has 2 aromatic rings. The Morgan fingerprint density at radius 1 is 1.32 bits per heavy atom. The van der Waals surface area contributed by atoms with Crippen LogP contribution in [-0.2, 0) is 0 Å². The Morgan fingerprint density at radius 3 is 3.00 bits per heavy atom. The third-order valence-corrected chi connectivity index (χ3v) is 4.13. The molecule has 2 rings (SSSR count). The summed E-state index contributed by atoms with van der Waals surface area (Å²) >= 11 is 7.50. The molecule has 5 heteroatoms. The largest absolute Gasteiger partial charge is 0.497 e. The molecule has 0 aliphatic rings. The summed E-state index contributed by atoms with van der Waals surface area (Å²) in [4.78, 5) is 4.36. The van der Waals surface area contributed by atoms with Gasteiger partial charge in [-0.25, -0.2) is 0 Å². The number of aromatic nitrogens is 1. The number of ether oxygens (including phenoxy) is 1. The first kappa shape index (κ1) is 14.3. The lowest BCUT2D eigenvalue weighted by Crippen LogP contribution is -2.05. The van der Waals surface area contributed by atoms with Crippen molar-refractivity contribution in [2.45, 2.75) is 0 Å². The molecular weight excluding hydrogens is 280 g/mol. The van der Waals surface area contributed by atoms with Crippen molar-refractivity contribution in [1.82, 2.24) is 4.98 Å². The van der Waals surface area contributed by atoms with Crippen molar-refractivity contribution in [2.24, 2.45) is 0 Å². The fraction of sp³-hybridized carbons (Fsp3) is 0.357. The summed E-state index contributed by atoms with van der Waals surface area (Å²) < 4.78 is 5.26. The van der Waals surface area contributed by atoms with Gasteiger partial charge in [0.1, 0.15) is 5.75 Å². The van der Waals surface area contributed by atoms with Crippen molar-refractivity contribution in [3.05, 3.63) is 30.5 Å². The van der Waals surface area contributed by atoms with E-state index in [2.05, 4.69) is 10.3 Å². The van der Waals surface area contributed by atoms with Crippen LogP contribution in [0.15, 0.2) is 30.5 Å². The standard InChI is InChI=1S/C14H17ClN2OS/c1-18-11-2-3-13-12(10-11)14(4-6-16-13)17-7-9-19-8-5-15/h2-4,6,10H,5,7-9H2,1H3,(H,16,17). The molecule has 0 saturated heterocycles. The number of pyridine rings is 1. The van der Waals surface area contributed by atoms with Gasteiger partial charge >= 0.3 is 0 Å². The predicted octanol–water partition coefficient (Wildman–Crippen LogP) is 3.63. The van der Waals surface area contributed by atoms with Crippen LogP contribution >= 0.6 is 23.4 Å². The smallest absolute Gasteiger partial charge is 0.119 e. The molecule has 0 bridgehead atoms. The highest BCUT2D eigenvalue weighted by atomic mass is 35.5. The van der Waals surface area contributed by atoms with Gasteiger partial charge in [-0.2, -0.15) is 11.8 Å². The maximum absolute atomic E-state index is 5.65. The zero-order chi connectivity index (χ0) is 13.5. The van der Waals surface area contributed by atoms with E-state index in [0.717, 1.165) is 40.4 Å². The number of benzene rings is 1. The molecule has 102 valence electrons. The van der Waals surface area contributed by atoms with Crippen LogP contribution in [0, 0.1) is 0 Å². The molecule has 0 fully saturated rings. The summed E-state index contributed by atoms with van der Waals surface area (Å²) in [6.45, 7) is 0.915. The molecule has 0 aliphatic heterocycles. The van der Waals surface area contributed by atoms with Crippen molar-refractivity contribution >= 4 is 40.0 Å². The van der Waals surface area contributed by atoms with Gasteiger partial charge in [-0.05, 0) is 24.3 Å². The number of nitrogens with one attached hydrogen (secondary N) is 1. The second-order valence-corrected chi connectivity index (χ2v) is 5.57. The van der Waals surface area contributed by atoms with E-state index < -0.39 is 0 Å². The van der Waals surface area contributed by atoms with E-state index in [-0.39, 0.29) is 0 Å². The number of alkyl halides is 1. The molecule has 0 saturated carbocycles. The average Bonchev–Trinajstić information content (AvgIpc) is 2.46. The maximum Gasteiger partial charge on any atom is 0.119 e. The number of hydrogen-bond donors (Lipinski definition) is 1. The quantitative estimate of drug-likeness (QED) is 0.625. The highest BCUT2D eigenvalue weighted by molar-refractivity contribution is 7.99. The Morgan fingerprint density at radius 2 is 2.21 bits per heavy atom. The molecule has 0 atom stereocenters. The molecular formula is C14H17ClN2OS. The minimum atomic E-state index is 0.708. The van der Waals surface area contributed by atoms with Crippen molar-refractivity contribution in [2.75, 3.05) is 36.4 Å². The Labute approximate surface area is 122 Å². The van der Waals surface area contributed by atoms with Gasteiger partial charge in [0.25, 0.3) is 0 Å². The molecule has 3 nitrogen and oxygen atoms in total. The van der Waals surface area contributed by atoms with Crippen molar-refractivity contribution in [1.29, 1.82) is 0 Å². The summed E-state index contributed by atoms with van der Waals surface area (Å²) in [7, 11) is 1.67. The molecule has 0 radical (unpaired) electrons. The first-order chi connectivity index (χ1) is 9.35. The van der Waals surface area contributed by atoms with Crippen LogP contribution in [0.4, 0.5) is 5.69 Å². The molecule has 1 heterocycles. The Balaban J connectivity index is 2.08. The number of halogens is 1. The minimum Gasteiger partial charge on any atom is -0.497 e. The van der Waals surface area contributed by atoms with Gasteiger partial charge in [-0.3, -0.25) is 4.98 Å². The number of thioether (sulfide) groups is 1. The highest BCUT2D eigenvalue weighted by Gasteiger charge is 2.03. The number of rotatable bonds is 7. The lowest BCUT2D eigenvalue weighted by Gasteiger charge is -2.10. The molecule has 0 unspecified atom stereocenters. The zero-order valence-corrected chi connectivity index (χ0v) is 12.4. The van der Waals surface area contributed by atoms with Gasteiger partial charge in [0.2, 0.25) is 0 Å². The summed E-state index contributed by atoms with van der Waals surface area (Å²) in [5.41, 5.74) is 2.06. The van der Waals surface area contributed by atoms with Crippen LogP contribution in [0.2, 0.25) is 0 Å². The number of anilines is 1. The summed E-state index contributed by atoms with van der Waals surface area (Å²) in [5, 5.41) is 4.53. The fourth-order valence-corrected chi connectivity index (χ4v) is 2.71. The zero-order valence-electron chi connectivity index (χ0n) is 10.9. The second kappa shape index (κ2) is 7.46. The van der Waals surface area contributed by atoms with Crippen molar-refractivity contribution in [3.63, 3.8) is 0 Å². The molecule has 0 spiro atoms. The van der Waals surface area contributed by atoms with E-state index in [1.807, 2.05) is 42.2 Å². The summed E-state index contributed by atoms with van der Waals surface area (Å²) in [6, 6.07) is 7.90.